The second-order valence-electron chi connectivity index (χ2n) is 5.55. The first kappa shape index (κ1) is 16.1. The summed E-state index contributed by atoms with van der Waals surface area (Å²) in [6.45, 7) is 0.118. The largest absolute Gasteiger partial charge is 0.416 e. The molecule has 2 aromatic carbocycles. The van der Waals surface area contributed by atoms with Crippen molar-refractivity contribution in [2.24, 2.45) is 0 Å². The second-order valence-corrected chi connectivity index (χ2v) is 5.55. The number of nitrogens with zero attached hydrogens (tertiary/aromatic N) is 2. The zero-order valence-electron chi connectivity index (χ0n) is 12.8. The standard InChI is InChI=1S/C18H16F3N3/c19-18(20,21)16-7-2-1-5-14(16)12-24-9-8-23-17(24)11-13-4-3-6-15(22)10-13/h1-10H,11-12,22H2. The molecule has 124 valence electrons. The smallest absolute Gasteiger partial charge is 0.399 e. The van der Waals surface area contributed by atoms with Gasteiger partial charge >= 0.3 is 6.18 Å². The van der Waals surface area contributed by atoms with Crippen molar-refractivity contribution < 1.29 is 13.2 Å². The van der Waals surface area contributed by atoms with Crippen molar-refractivity contribution in [2.45, 2.75) is 19.1 Å². The van der Waals surface area contributed by atoms with Crippen molar-refractivity contribution in [1.82, 2.24) is 9.55 Å². The van der Waals surface area contributed by atoms with Crippen LogP contribution in [0.3, 0.4) is 0 Å². The number of imidazole rings is 1. The predicted molar refractivity (Wildman–Crippen MR) is 86.4 cm³/mol. The fourth-order valence-corrected chi connectivity index (χ4v) is 2.66. The highest BCUT2D eigenvalue weighted by Crippen LogP contribution is 2.32. The average Bonchev–Trinajstić information content (AvgIpc) is 2.94. The van der Waals surface area contributed by atoms with Crippen LogP contribution in [0.2, 0.25) is 0 Å². The quantitative estimate of drug-likeness (QED) is 0.731. The minimum Gasteiger partial charge on any atom is -0.399 e. The lowest BCUT2D eigenvalue weighted by Crippen LogP contribution is -2.13. The Balaban J connectivity index is 1.87. The number of alkyl halides is 3. The van der Waals surface area contributed by atoms with E-state index in [-0.39, 0.29) is 12.1 Å². The van der Waals surface area contributed by atoms with Crippen molar-refractivity contribution in [3.05, 3.63) is 83.4 Å². The average molecular weight is 331 g/mol. The van der Waals surface area contributed by atoms with Gasteiger partial charge in [-0.05, 0) is 29.3 Å². The number of nitrogens with two attached hydrogens (primary N) is 1. The van der Waals surface area contributed by atoms with Crippen LogP contribution in [-0.2, 0) is 19.1 Å². The molecule has 3 aromatic rings. The Morgan fingerprint density at radius 1 is 1.04 bits per heavy atom. The third kappa shape index (κ3) is 3.59. The van der Waals surface area contributed by atoms with Crippen LogP contribution in [0.15, 0.2) is 60.9 Å². The van der Waals surface area contributed by atoms with Crippen molar-refractivity contribution in [2.75, 3.05) is 5.73 Å². The molecule has 2 N–H and O–H groups in total. The van der Waals surface area contributed by atoms with E-state index in [0.29, 0.717) is 17.9 Å². The van der Waals surface area contributed by atoms with Crippen LogP contribution in [0.1, 0.15) is 22.5 Å². The summed E-state index contributed by atoms with van der Waals surface area (Å²) >= 11 is 0. The molecule has 24 heavy (non-hydrogen) atoms. The van der Waals surface area contributed by atoms with Gasteiger partial charge in [-0.2, -0.15) is 13.2 Å². The lowest BCUT2D eigenvalue weighted by molar-refractivity contribution is -0.138. The van der Waals surface area contributed by atoms with Crippen molar-refractivity contribution >= 4 is 5.69 Å². The van der Waals surface area contributed by atoms with Crippen LogP contribution in [0, 0.1) is 0 Å². The Bertz CT molecular complexity index is 837. The maximum Gasteiger partial charge on any atom is 0.416 e. The summed E-state index contributed by atoms with van der Waals surface area (Å²) in [7, 11) is 0. The topological polar surface area (TPSA) is 43.8 Å². The molecule has 3 nitrogen and oxygen atoms in total. The molecule has 0 spiro atoms. The van der Waals surface area contributed by atoms with Gasteiger partial charge in [-0.3, -0.25) is 0 Å². The van der Waals surface area contributed by atoms with E-state index < -0.39 is 11.7 Å². The van der Waals surface area contributed by atoms with Gasteiger partial charge in [0.15, 0.2) is 0 Å². The molecule has 0 bridgehead atoms. The van der Waals surface area contributed by atoms with E-state index in [4.69, 9.17) is 5.73 Å². The van der Waals surface area contributed by atoms with Crippen LogP contribution in [-0.4, -0.2) is 9.55 Å². The number of anilines is 1. The van der Waals surface area contributed by atoms with Crippen LogP contribution < -0.4 is 5.73 Å². The highest BCUT2D eigenvalue weighted by atomic mass is 19.4. The molecule has 0 unspecified atom stereocenters. The summed E-state index contributed by atoms with van der Waals surface area (Å²) < 4.78 is 41.1. The van der Waals surface area contributed by atoms with Gasteiger partial charge in [-0.25, -0.2) is 4.98 Å². The van der Waals surface area contributed by atoms with Crippen molar-refractivity contribution in [1.29, 1.82) is 0 Å². The van der Waals surface area contributed by atoms with Crippen molar-refractivity contribution in [3.8, 4) is 0 Å². The number of hydrogen-bond donors (Lipinski definition) is 1. The SMILES string of the molecule is Nc1cccc(Cc2nccn2Cc2ccccc2C(F)(F)F)c1. The lowest BCUT2D eigenvalue weighted by atomic mass is 10.1. The van der Waals surface area contributed by atoms with Gasteiger partial charge in [0, 0.05) is 31.0 Å². The minimum atomic E-state index is -4.37. The fourth-order valence-electron chi connectivity index (χ4n) is 2.66. The molecule has 0 aliphatic carbocycles. The zero-order chi connectivity index (χ0) is 17.2. The summed E-state index contributed by atoms with van der Waals surface area (Å²) in [5.74, 6) is 0.692. The third-order valence-electron chi connectivity index (χ3n) is 3.78. The van der Waals surface area contributed by atoms with E-state index in [1.807, 2.05) is 18.2 Å². The van der Waals surface area contributed by atoms with Crippen LogP contribution >= 0.6 is 0 Å². The summed E-state index contributed by atoms with van der Waals surface area (Å²) in [5.41, 5.74) is 6.98. The van der Waals surface area contributed by atoms with E-state index in [0.717, 1.165) is 11.6 Å². The van der Waals surface area contributed by atoms with E-state index in [1.165, 1.54) is 12.1 Å². The summed E-state index contributed by atoms with van der Waals surface area (Å²) in [5, 5.41) is 0. The van der Waals surface area contributed by atoms with Gasteiger partial charge in [-0.1, -0.05) is 30.3 Å². The van der Waals surface area contributed by atoms with E-state index in [1.54, 1.807) is 29.1 Å². The second kappa shape index (κ2) is 6.39. The Labute approximate surface area is 137 Å². The molecule has 1 aromatic heterocycles. The highest BCUT2D eigenvalue weighted by molar-refractivity contribution is 5.41. The molecule has 0 aliphatic rings. The first-order valence-electron chi connectivity index (χ1n) is 7.43. The van der Waals surface area contributed by atoms with Crippen LogP contribution in [0.5, 0.6) is 0 Å². The predicted octanol–water partition coefficient (Wildman–Crippen LogP) is 4.12. The number of rotatable bonds is 4. The Morgan fingerprint density at radius 2 is 1.83 bits per heavy atom. The number of hydrogen-bond acceptors (Lipinski definition) is 2. The molecule has 1 heterocycles. The Morgan fingerprint density at radius 3 is 2.58 bits per heavy atom. The van der Waals surface area contributed by atoms with E-state index >= 15 is 0 Å². The first-order valence-corrected chi connectivity index (χ1v) is 7.43. The molecule has 6 heteroatoms. The fraction of sp³-hybridized carbons (Fsp3) is 0.167. The molecular weight excluding hydrogens is 315 g/mol. The molecule has 0 atom stereocenters. The van der Waals surface area contributed by atoms with Gasteiger partial charge in [0.05, 0.1) is 5.56 Å². The van der Waals surface area contributed by atoms with Crippen LogP contribution in [0.25, 0.3) is 0 Å². The first-order chi connectivity index (χ1) is 11.4. The third-order valence-corrected chi connectivity index (χ3v) is 3.78. The molecular formula is C18H16F3N3. The number of nitrogen functional groups attached to an aromatic ring is 1. The van der Waals surface area contributed by atoms with Gasteiger partial charge in [0.1, 0.15) is 5.82 Å². The highest BCUT2D eigenvalue weighted by Gasteiger charge is 2.32. The van der Waals surface area contributed by atoms with E-state index in [9.17, 15) is 13.2 Å². The lowest BCUT2D eigenvalue weighted by Gasteiger charge is -2.14. The number of benzene rings is 2. The monoisotopic (exact) mass is 331 g/mol. The van der Waals surface area contributed by atoms with Gasteiger partial charge in [-0.15, -0.1) is 0 Å². The molecule has 0 amide bonds. The van der Waals surface area contributed by atoms with Gasteiger partial charge in [0.2, 0.25) is 0 Å². The molecule has 0 saturated heterocycles. The number of aromatic nitrogens is 2. The van der Waals surface area contributed by atoms with Crippen LogP contribution in [0.4, 0.5) is 18.9 Å². The molecule has 0 radical (unpaired) electrons. The molecule has 0 saturated carbocycles. The normalized spacial score (nSPS) is 11.6. The van der Waals surface area contributed by atoms with Gasteiger partial charge in [0.25, 0.3) is 0 Å². The summed E-state index contributed by atoms with van der Waals surface area (Å²) in [6.07, 6.45) is -0.579. The summed E-state index contributed by atoms with van der Waals surface area (Å²) in [6, 6.07) is 13.0. The van der Waals surface area contributed by atoms with Gasteiger partial charge < -0.3 is 10.3 Å². The van der Waals surface area contributed by atoms with E-state index in [2.05, 4.69) is 4.98 Å². The minimum absolute atomic E-state index is 0.118. The molecule has 0 aliphatic heterocycles. The maximum atomic E-state index is 13.1. The zero-order valence-corrected chi connectivity index (χ0v) is 12.8. The molecule has 0 fully saturated rings. The van der Waals surface area contributed by atoms with Crippen molar-refractivity contribution in [3.63, 3.8) is 0 Å². The Hall–Kier alpha value is -2.76. The Kier molecular flexibility index (Phi) is 4.29. The molecule has 3 rings (SSSR count). The maximum absolute atomic E-state index is 13.1. The summed E-state index contributed by atoms with van der Waals surface area (Å²) in [4.78, 5) is 4.27. The number of halogens is 3.